The van der Waals surface area contributed by atoms with Crippen LogP contribution < -0.4 is 10.1 Å². The molecule has 3 atom stereocenters. The molecule has 1 aliphatic rings. The minimum absolute atomic E-state index is 0.372. The topological polar surface area (TPSA) is 24.5 Å². The number of benzene rings is 1. The van der Waals surface area contributed by atoms with E-state index in [1.165, 1.54) is 37.9 Å². The van der Waals surface area contributed by atoms with E-state index in [-0.39, 0.29) is 0 Å². The van der Waals surface area contributed by atoms with Crippen LogP contribution in [0.4, 0.5) is 0 Å². The summed E-state index contributed by atoms with van der Waals surface area (Å²) >= 11 is 0. The molecule has 1 aliphatic heterocycles. The predicted molar refractivity (Wildman–Crippen MR) is 88.8 cm³/mol. The lowest BCUT2D eigenvalue weighted by molar-refractivity contribution is 0.203. The van der Waals surface area contributed by atoms with Crippen LogP contribution in [0.5, 0.6) is 5.75 Å². The van der Waals surface area contributed by atoms with Gasteiger partial charge < -0.3 is 10.1 Å². The lowest BCUT2D eigenvalue weighted by Gasteiger charge is -2.32. The summed E-state index contributed by atoms with van der Waals surface area (Å²) in [7, 11) is 3.77. The summed E-state index contributed by atoms with van der Waals surface area (Å²) in [5, 5.41) is 3.50. The van der Waals surface area contributed by atoms with Crippen LogP contribution in [0.2, 0.25) is 0 Å². The Bertz CT molecular complexity index is 418. The molecule has 0 saturated carbocycles. The van der Waals surface area contributed by atoms with E-state index < -0.39 is 0 Å². The first kappa shape index (κ1) is 16.3. The number of rotatable bonds is 7. The maximum absolute atomic E-state index is 5.25. The zero-order valence-electron chi connectivity index (χ0n) is 13.9. The first-order chi connectivity index (χ1) is 10.2. The number of likely N-dealkylation sites (tertiary alicyclic amines) is 1. The summed E-state index contributed by atoms with van der Waals surface area (Å²) in [5.74, 6) is 1.82. The number of nitrogens with one attached hydrogen (secondary N) is 1. The molecule has 0 spiro atoms. The molecule has 1 aromatic carbocycles. The van der Waals surface area contributed by atoms with Crippen LogP contribution in [0, 0.1) is 5.92 Å². The molecule has 2 rings (SSSR count). The number of hydrogen-bond acceptors (Lipinski definition) is 3. The highest BCUT2D eigenvalue weighted by molar-refractivity contribution is 5.29. The van der Waals surface area contributed by atoms with E-state index in [9.17, 15) is 0 Å². The smallest absolute Gasteiger partial charge is 0.118 e. The maximum atomic E-state index is 5.25. The average Bonchev–Trinajstić information content (AvgIpc) is 2.97. The third-order valence-corrected chi connectivity index (χ3v) is 4.86. The van der Waals surface area contributed by atoms with Gasteiger partial charge in [0.2, 0.25) is 0 Å². The molecule has 1 fully saturated rings. The molecule has 21 heavy (non-hydrogen) atoms. The second kappa shape index (κ2) is 7.81. The van der Waals surface area contributed by atoms with E-state index in [0.717, 1.165) is 11.7 Å². The van der Waals surface area contributed by atoms with Crippen molar-refractivity contribution >= 4 is 0 Å². The first-order valence-electron chi connectivity index (χ1n) is 8.24. The fourth-order valence-corrected chi connectivity index (χ4v) is 3.58. The van der Waals surface area contributed by atoms with Gasteiger partial charge in [-0.05, 0) is 57.0 Å². The Hall–Kier alpha value is -1.06. The van der Waals surface area contributed by atoms with Crippen LogP contribution >= 0.6 is 0 Å². The van der Waals surface area contributed by atoms with E-state index in [1.807, 2.05) is 0 Å². The van der Waals surface area contributed by atoms with Crippen LogP contribution in [-0.2, 0) is 0 Å². The highest BCUT2D eigenvalue weighted by atomic mass is 16.5. The van der Waals surface area contributed by atoms with E-state index in [1.54, 1.807) is 7.11 Å². The second-order valence-electron chi connectivity index (χ2n) is 6.22. The zero-order chi connectivity index (χ0) is 15.2. The third-order valence-electron chi connectivity index (χ3n) is 4.86. The predicted octanol–water partition coefficient (Wildman–Crippen LogP) is 3.47. The lowest BCUT2D eigenvalue weighted by Crippen LogP contribution is -2.40. The summed E-state index contributed by atoms with van der Waals surface area (Å²) in [6, 6.07) is 9.35. The van der Waals surface area contributed by atoms with Gasteiger partial charge in [0.25, 0.3) is 0 Å². The molecule has 1 N–H and O–H groups in total. The molecular weight excluding hydrogens is 260 g/mol. The van der Waals surface area contributed by atoms with E-state index in [0.29, 0.717) is 12.1 Å². The molecule has 1 aromatic rings. The Morgan fingerprint density at radius 3 is 2.62 bits per heavy atom. The fraction of sp³-hybridized carbons (Fsp3) is 0.667. The van der Waals surface area contributed by atoms with Gasteiger partial charge in [-0.25, -0.2) is 0 Å². The van der Waals surface area contributed by atoms with Crippen LogP contribution in [0.1, 0.15) is 44.7 Å². The second-order valence-corrected chi connectivity index (χ2v) is 6.22. The number of likely N-dealkylation sites (N-methyl/N-ethyl adjacent to an activating group) is 1. The molecule has 3 nitrogen and oxygen atoms in total. The number of nitrogens with zero attached hydrogens (tertiary/aromatic N) is 1. The summed E-state index contributed by atoms with van der Waals surface area (Å²) in [4.78, 5) is 2.64. The Kier molecular flexibility index (Phi) is 6.07. The molecule has 118 valence electrons. The minimum Gasteiger partial charge on any atom is -0.497 e. The van der Waals surface area contributed by atoms with Crippen molar-refractivity contribution in [2.75, 3.05) is 27.2 Å². The van der Waals surface area contributed by atoms with Crippen molar-refractivity contribution in [2.24, 2.45) is 5.92 Å². The van der Waals surface area contributed by atoms with Crippen molar-refractivity contribution in [3.8, 4) is 5.75 Å². The Labute approximate surface area is 129 Å². The molecule has 1 saturated heterocycles. The molecule has 3 heteroatoms. The number of hydrogen-bond donors (Lipinski definition) is 1. The Balaban J connectivity index is 2.02. The molecular formula is C18H30N2O. The molecule has 0 aliphatic carbocycles. The highest BCUT2D eigenvalue weighted by Crippen LogP contribution is 2.28. The Morgan fingerprint density at radius 1 is 1.33 bits per heavy atom. The third kappa shape index (κ3) is 3.98. The van der Waals surface area contributed by atoms with Crippen molar-refractivity contribution < 1.29 is 4.74 Å². The summed E-state index contributed by atoms with van der Waals surface area (Å²) in [6.45, 7) is 7.13. The summed E-state index contributed by atoms with van der Waals surface area (Å²) in [6.07, 6.45) is 4.04. The van der Waals surface area contributed by atoms with Crippen molar-refractivity contribution in [1.82, 2.24) is 10.2 Å². The quantitative estimate of drug-likeness (QED) is 0.832. The van der Waals surface area contributed by atoms with E-state index in [4.69, 9.17) is 4.74 Å². The van der Waals surface area contributed by atoms with Crippen molar-refractivity contribution in [1.29, 1.82) is 0 Å². The largest absolute Gasteiger partial charge is 0.497 e. The monoisotopic (exact) mass is 290 g/mol. The molecule has 0 aromatic heterocycles. The van der Waals surface area contributed by atoms with E-state index in [2.05, 4.69) is 55.4 Å². The van der Waals surface area contributed by atoms with Gasteiger partial charge in [0, 0.05) is 18.6 Å². The lowest BCUT2D eigenvalue weighted by atomic mass is 9.99. The standard InChI is InChI=1S/C18H30N2O/c1-5-6-15-11-12-20(13-15)14(2)18(19-3)16-7-9-17(21-4)10-8-16/h7-10,14-15,18-19H,5-6,11-13H2,1-4H3. The minimum atomic E-state index is 0.372. The van der Waals surface area contributed by atoms with Gasteiger partial charge in [-0.15, -0.1) is 0 Å². The van der Waals surface area contributed by atoms with Gasteiger partial charge in [-0.2, -0.15) is 0 Å². The van der Waals surface area contributed by atoms with Crippen LogP contribution in [0.25, 0.3) is 0 Å². The van der Waals surface area contributed by atoms with Gasteiger partial charge >= 0.3 is 0 Å². The maximum Gasteiger partial charge on any atom is 0.118 e. The summed E-state index contributed by atoms with van der Waals surface area (Å²) < 4.78 is 5.25. The SMILES string of the molecule is CCCC1CCN(C(C)C(NC)c2ccc(OC)cc2)C1. The number of ether oxygens (including phenoxy) is 1. The fourth-order valence-electron chi connectivity index (χ4n) is 3.58. The van der Waals surface area contributed by atoms with Gasteiger partial charge in [0.1, 0.15) is 5.75 Å². The molecule has 0 amide bonds. The Morgan fingerprint density at radius 2 is 2.05 bits per heavy atom. The van der Waals surface area contributed by atoms with Gasteiger partial charge in [0.05, 0.1) is 7.11 Å². The van der Waals surface area contributed by atoms with Crippen LogP contribution in [0.15, 0.2) is 24.3 Å². The van der Waals surface area contributed by atoms with Gasteiger partial charge in [0.15, 0.2) is 0 Å². The molecule has 0 radical (unpaired) electrons. The molecule has 1 heterocycles. The molecule has 3 unspecified atom stereocenters. The summed E-state index contributed by atoms with van der Waals surface area (Å²) in [5.41, 5.74) is 1.34. The van der Waals surface area contributed by atoms with Crippen LogP contribution in [0.3, 0.4) is 0 Å². The van der Waals surface area contributed by atoms with Crippen LogP contribution in [-0.4, -0.2) is 38.2 Å². The van der Waals surface area contributed by atoms with Gasteiger partial charge in [-0.1, -0.05) is 25.5 Å². The average molecular weight is 290 g/mol. The first-order valence-corrected chi connectivity index (χ1v) is 8.24. The zero-order valence-corrected chi connectivity index (χ0v) is 13.9. The van der Waals surface area contributed by atoms with E-state index >= 15 is 0 Å². The number of methoxy groups -OCH3 is 1. The molecule has 0 bridgehead atoms. The van der Waals surface area contributed by atoms with Gasteiger partial charge in [-0.3, -0.25) is 4.90 Å². The van der Waals surface area contributed by atoms with Crippen molar-refractivity contribution in [2.45, 2.75) is 45.2 Å². The van der Waals surface area contributed by atoms with Crippen molar-refractivity contribution in [3.05, 3.63) is 29.8 Å². The highest BCUT2D eigenvalue weighted by Gasteiger charge is 2.29. The normalized spacial score (nSPS) is 22.2. The van der Waals surface area contributed by atoms with Crippen molar-refractivity contribution in [3.63, 3.8) is 0 Å².